The van der Waals surface area contributed by atoms with Gasteiger partial charge in [0.1, 0.15) is 11.2 Å². The van der Waals surface area contributed by atoms with Crippen LogP contribution < -0.4 is 16.6 Å². The molecule has 0 aliphatic rings. The fourth-order valence-corrected chi connectivity index (χ4v) is 3.39. The molecule has 6 nitrogen and oxygen atoms in total. The molecule has 2 aromatic carbocycles. The van der Waals surface area contributed by atoms with E-state index in [-0.39, 0.29) is 33.1 Å². The summed E-state index contributed by atoms with van der Waals surface area (Å²) in [6.45, 7) is 0. The molecule has 0 saturated carbocycles. The summed E-state index contributed by atoms with van der Waals surface area (Å²) in [5, 5.41) is 3.24. The van der Waals surface area contributed by atoms with Crippen molar-refractivity contribution in [2.24, 2.45) is 14.1 Å². The Labute approximate surface area is 163 Å². The Morgan fingerprint density at radius 1 is 0.964 bits per heavy atom. The molecule has 28 heavy (non-hydrogen) atoms. The number of nitrogens with one attached hydrogen (secondary N) is 1. The van der Waals surface area contributed by atoms with Crippen molar-refractivity contribution in [3.8, 4) is 11.1 Å². The number of furan rings is 1. The van der Waals surface area contributed by atoms with E-state index in [2.05, 4.69) is 5.32 Å². The number of rotatable bonds is 3. The summed E-state index contributed by atoms with van der Waals surface area (Å²) in [6.07, 6.45) is 0. The van der Waals surface area contributed by atoms with E-state index in [1.807, 2.05) is 18.2 Å². The van der Waals surface area contributed by atoms with Gasteiger partial charge in [0.25, 0.3) is 5.56 Å². The Morgan fingerprint density at radius 3 is 2.36 bits per heavy atom. The van der Waals surface area contributed by atoms with E-state index in [1.54, 1.807) is 12.1 Å². The minimum absolute atomic E-state index is 0.0251. The number of para-hydroxylation sites is 1. The van der Waals surface area contributed by atoms with Crippen molar-refractivity contribution >= 4 is 34.3 Å². The minimum Gasteiger partial charge on any atom is -0.423 e. The average Bonchev–Trinajstić information content (AvgIpc) is 3.04. The maximum atomic E-state index is 14.7. The molecule has 2 aromatic heterocycles. The lowest BCUT2D eigenvalue weighted by Gasteiger charge is -2.09. The predicted octanol–water partition coefficient (Wildman–Crippen LogP) is 4.03. The van der Waals surface area contributed by atoms with Crippen LogP contribution in [0.2, 0.25) is 5.02 Å². The molecule has 0 bridgehead atoms. The molecule has 0 spiro atoms. The lowest BCUT2D eigenvalue weighted by molar-refractivity contribution is 0.577. The van der Waals surface area contributed by atoms with E-state index >= 15 is 0 Å². The van der Waals surface area contributed by atoms with Crippen molar-refractivity contribution in [1.82, 2.24) is 9.13 Å². The second-order valence-corrected chi connectivity index (χ2v) is 6.69. The van der Waals surface area contributed by atoms with E-state index < -0.39 is 17.1 Å². The van der Waals surface area contributed by atoms with Gasteiger partial charge in [-0.2, -0.15) is 0 Å². The van der Waals surface area contributed by atoms with Crippen LogP contribution in [-0.4, -0.2) is 9.13 Å². The van der Waals surface area contributed by atoms with Crippen molar-refractivity contribution < 1.29 is 8.81 Å². The summed E-state index contributed by atoms with van der Waals surface area (Å²) in [5.74, 6) is -0.492. The van der Waals surface area contributed by atoms with Gasteiger partial charge in [0, 0.05) is 25.3 Å². The van der Waals surface area contributed by atoms with E-state index in [0.717, 1.165) is 4.57 Å². The maximum absolute atomic E-state index is 14.7. The summed E-state index contributed by atoms with van der Waals surface area (Å²) >= 11 is 6.27. The van der Waals surface area contributed by atoms with E-state index in [1.165, 1.54) is 36.9 Å². The molecule has 0 unspecified atom stereocenters. The zero-order valence-electron chi connectivity index (χ0n) is 15.0. The van der Waals surface area contributed by atoms with Crippen LogP contribution in [0, 0.1) is 5.82 Å². The summed E-state index contributed by atoms with van der Waals surface area (Å²) in [6, 6.07) is 13.3. The number of hydrogen-bond acceptors (Lipinski definition) is 4. The molecule has 0 amide bonds. The normalized spacial score (nSPS) is 11.1. The third-order valence-corrected chi connectivity index (χ3v) is 4.85. The molecule has 0 aliphatic carbocycles. The molecule has 0 atom stereocenters. The summed E-state index contributed by atoms with van der Waals surface area (Å²) in [4.78, 5) is 25.2. The van der Waals surface area contributed by atoms with Crippen LogP contribution in [0.1, 0.15) is 0 Å². The Balaban J connectivity index is 2.15. The van der Waals surface area contributed by atoms with Crippen LogP contribution in [0.15, 0.2) is 62.5 Å². The minimum atomic E-state index is -0.609. The van der Waals surface area contributed by atoms with Crippen molar-refractivity contribution in [2.75, 3.05) is 5.32 Å². The second-order valence-electron chi connectivity index (χ2n) is 6.28. The Kier molecular flexibility index (Phi) is 4.31. The molecule has 2 heterocycles. The van der Waals surface area contributed by atoms with Gasteiger partial charge in [-0.15, -0.1) is 0 Å². The maximum Gasteiger partial charge on any atom is 0.333 e. The van der Waals surface area contributed by atoms with Gasteiger partial charge in [0.15, 0.2) is 0 Å². The molecule has 8 heteroatoms. The highest BCUT2D eigenvalue weighted by Crippen LogP contribution is 2.42. The number of anilines is 2. The van der Waals surface area contributed by atoms with Crippen molar-refractivity contribution in [3.63, 3.8) is 0 Å². The van der Waals surface area contributed by atoms with Crippen molar-refractivity contribution in [2.45, 2.75) is 0 Å². The third-order valence-electron chi connectivity index (χ3n) is 4.53. The highest BCUT2D eigenvalue weighted by Gasteiger charge is 2.26. The molecular formula is C20H15ClFN3O3. The number of aromatic nitrogens is 2. The summed E-state index contributed by atoms with van der Waals surface area (Å²) in [5.41, 5.74) is -0.269. The molecular weight excluding hydrogens is 385 g/mol. The molecule has 0 fully saturated rings. The first-order valence-corrected chi connectivity index (χ1v) is 8.77. The van der Waals surface area contributed by atoms with Gasteiger partial charge in [-0.3, -0.25) is 13.9 Å². The number of hydrogen-bond donors (Lipinski definition) is 1. The van der Waals surface area contributed by atoms with Gasteiger partial charge < -0.3 is 9.73 Å². The Hall–Kier alpha value is -3.32. The smallest absolute Gasteiger partial charge is 0.333 e. The highest BCUT2D eigenvalue weighted by atomic mass is 35.5. The number of aryl methyl sites for hydroxylation is 1. The molecule has 4 aromatic rings. The largest absolute Gasteiger partial charge is 0.423 e. The van der Waals surface area contributed by atoms with Crippen LogP contribution in [0.5, 0.6) is 0 Å². The number of fused-ring (bicyclic) bond motifs is 1. The molecule has 4 rings (SSSR count). The topological polar surface area (TPSA) is 69.2 Å². The lowest BCUT2D eigenvalue weighted by Crippen LogP contribution is -2.36. The molecule has 142 valence electrons. The van der Waals surface area contributed by atoms with Crippen molar-refractivity contribution in [3.05, 3.63) is 80.2 Å². The van der Waals surface area contributed by atoms with Gasteiger partial charge in [0.05, 0.1) is 10.6 Å². The zero-order valence-corrected chi connectivity index (χ0v) is 15.7. The van der Waals surface area contributed by atoms with E-state index in [4.69, 9.17) is 16.0 Å². The average molecular weight is 400 g/mol. The predicted molar refractivity (Wildman–Crippen MR) is 107 cm³/mol. The number of nitrogens with zero attached hydrogens (tertiary/aromatic N) is 2. The van der Waals surface area contributed by atoms with Crippen LogP contribution in [0.4, 0.5) is 16.0 Å². The fraction of sp³-hybridized carbons (Fsp3) is 0.100. The van der Waals surface area contributed by atoms with Gasteiger partial charge in [-0.1, -0.05) is 35.9 Å². The molecule has 0 radical (unpaired) electrons. The van der Waals surface area contributed by atoms with Crippen LogP contribution in [0.25, 0.3) is 22.2 Å². The second kappa shape index (κ2) is 6.69. The Bertz CT molecular complexity index is 1300. The summed E-state index contributed by atoms with van der Waals surface area (Å²) < 4.78 is 22.7. The van der Waals surface area contributed by atoms with Gasteiger partial charge >= 0.3 is 5.69 Å². The van der Waals surface area contributed by atoms with Gasteiger partial charge in [-0.25, -0.2) is 9.18 Å². The Morgan fingerprint density at radius 2 is 1.68 bits per heavy atom. The first-order chi connectivity index (χ1) is 13.4. The standard InChI is InChI=1S/C20H15ClFN3O3/c1-24-18(26)16-15(14-12(21)9-6-10-13(14)22)17(23-11-7-4-3-5-8-11)28-19(16)25(2)20(24)27/h3-10,23H,1-2H3. The van der Waals surface area contributed by atoms with Gasteiger partial charge in [-0.05, 0) is 24.3 Å². The van der Waals surface area contributed by atoms with Crippen molar-refractivity contribution in [1.29, 1.82) is 0 Å². The van der Waals surface area contributed by atoms with Gasteiger partial charge in [0.2, 0.25) is 11.6 Å². The lowest BCUT2D eigenvalue weighted by atomic mass is 10.0. The quantitative estimate of drug-likeness (QED) is 0.564. The third kappa shape index (κ3) is 2.71. The SMILES string of the molecule is Cn1c(=O)c2c(-c3c(F)cccc3Cl)c(Nc3ccccc3)oc2n(C)c1=O. The monoisotopic (exact) mass is 399 g/mol. The summed E-state index contributed by atoms with van der Waals surface area (Å²) in [7, 11) is 2.83. The molecule has 0 aliphatic heterocycles. The first-order valence-electron chi connectivity index (χ1n) is 8.39. The van der Waals surface area contributed by atoms with Crippen LogP contribution in [0.3, 0.4) is 0 Å². The number of halogens is 2. The zero-order chi connectivity index (χ0) is 20.0. The van der Waals surface area contributed by atoms with E-state index in [9.17, 15) is 14.0 Å². The van der Waals surface area contributed by atoms with Crippen LogP contribution >= 0.6 is 11.6 Å². The molecule has 1 N–H and O–H groups in total. The highest BCUT2D eigenvalue weighted by molar-refractivity contribution is 6.34. The van der Waals surface area contributed by atoms with E-state index in [0.29, 0.717) is 5.69 Å². The van der Waals surface area contributed by atoms with Crippen LogP contribution in [-0.2, 0) is 14.1 Å². The first kappa shape index (κ1) is 18.1. The number of benzene rings is 2. The molecule has 0 saturated heterocycles. The fourth-order valence-electron chi connectivity index (χ4n) is 3.14.